The molecule has 2 aromatic carbocycles. The molecule has 3 amide bonds. The van der Waals surface area contributed by atoms with Crippen LogP contribution in [-0.4, -0.2) is 66.0 Å². The maximum Gasteiger partial charge on any atom is 0.324 e. The fourth-order valence-corrected chi connectivity index (χ4v) is 6.09. The molecule has 35 heavy (non-hydrogen) atoms. The molecule has 3 heterocycles. The highest BCUT2D eigenvalue weighted by molar-refractivity contribution is 6.35. The molecule has 1 aromatic heterocycles. The summed E-state index contributed by atoms with van der Waals surface area (Å²) in [5.41, 5.74) is 3.79. The molecule has 3 fully saturated rings. The molecule has 2 saturated heterocycles. The summed E-state index contributed by atoms with van der Waals surface area (Å²) in [6, 6.07) is 13.8. The van der Waals surface area contributed by atoms with Gasteiger partial charge in [-0.25, -0.2) is 4.79 Å². The average Bonchev–Trinajstić information content (AvgIpc) is 3.51. The Hall–Kier alpha value is -3.03. The predicted octanol–water partition coefficient (Wildman–Crippen LogP) is 4.58. The summed E-state index contributed by atoms with van der Waals surface area (Å²) < 4.78 is 0. The molecule has 182 valence electrons. The molecule has 1 saturated carbocycles. The summed E-state index contributed by atoms with van der Waals surface area (Å²) in [5.74, 6) is -0.127. The number of anilines is 1. The highest BCUT2D eigenvalue weighted by Gasteiger charge is 2.47. The van der Waals surface area contributed by atoms with Crippen LogP contribution in [0.4, 0.5) is 10.5 Å². The Morgan fingerprint density at radius 1 is 1.17 bits per heavy atom. The predicted molar refractivity (Wildman–Crippen MR) is 138 cm³/mol. The highest BCUT2D eigenvalue weighted by atomic mass is 35.5. The SMILES string of the molecule is CN(C)C1(c2ccc(N3C[C@@H]4[C@H](NC(=O)c5ccc6c(Cl)c[nH]c6c5)CCCN4C3=O)cc2)CC1. The summed E-state index contributed by atoms with van der Waals surface area (Å²) in [7, 11) is 4.26. The molecule has 3 aromatic rings. The molecule has 8 heteroatoms. The van der Waals surface area contributed by atoms with Crippen molar-refractivity contribution in [1.82, 2.24) is 20.1 Å². The first kappa shape index (κ1) is 22.4. The van der Waals surface area contributed by atoms with E-state index in [1.807, 2.05) is 21.9 Å². The van der Waals surface area contributed by atoms with Crippen molar-refractivity contribution in [2.45, 2.75) is 43.3 Å². The number of nitrogens with one attached hydrogen (secondary N) is 2. The fourth-order valence-electron chi connectivity index (χ4n) is 5.87. The average molecular weight is 492 g/mol. The molecule has 0 radical (unpaired) electrons. The van der Waals surface area contributed by atoms with Gasteiger partial charge in [-0.3, -0.25) is 14.6 Å². The Labute approximate surface area is 210 Å². The molecule has 0 unspecified atom stereocenters. The molecular formula is C27H30ClN5O2. The van der Waals surface area contributed by atoms with Crippen molar-refractivity contribution in [3.05, 3.63) is 64.8 Å². The van der Waals surface area contributed by atoms with Gasteiger partial charge >= 0.3 is 6.03 Å². The minimum Gasteiger partial charge on any atom is -0.360 e. The number of rotatable bonds is 5. The minimum absolute atomic E-state index is 0.0258. The summed E-state index contributed by atoms with van der Waals surface area (Å²) in [4.78, 5) is 35.6. The van der Waals surface area contributed by atoms with E-state index in [2.05, 4.69) is 53.6 Å². The largest absolute Gasteiger partial charge is 0.360 e. The number of H-pyrrole nitrogens is 1. The van der Waals surface area contributed by atoms with Gasteiger partial charge in [0.15, 0.2) is 0 Å². The van der Waals surface area contributed by atoms with E-state index in [0.717, 1.165) is 36.0 Å². The lowest BCUT2D eigenvalue weighted by molar-refractivity contribution is 0.0887. The lowest BCUT2D eigenvalue weighted by atomic mass is 9.97. The lowest BCUT2D eigenvalue weighted by Gasteiger charge is -2.35. The quantitative estimate of drug-likeness (QED) is 0.549. The zero-order chi connectivity index (χ0) is 24.3. The number of hydrogen-bond acceptors (Lipinski definition) is 3. The Kier molecular flexibility index (Phi) is 5.31. The van der Waals surface area contributed by atoms with Crippen LogP contribution in [0.25, 0.3) is 10.9 Å². The van der Waals surface area contributed by atoms with Crippen LogP contribution in [0.2, 0.25) is 5.02 Å². The van der Waals surface area contributed by atoms with Crippen LogP contribution in [0.1, 0.15) is 41.6 Å². The topological polar surface area (TPSA) is 71.7 Å². The van der Waals surface area contributed by atoms with E-state index < -0.39 is 0 Å². The van der Waals surface area contributed by atoms with Crippen LogP contribution in [-0.2, 0) is 5.54 Å². The van der Waals surface area contributed by atoms with Crippen LogP contribution in [0.15, 0.2) is 48.7 Å². The van der Waals surface area contributed by atoms with Crippen molar-refractivity contribution in [3.8, 4) is 0 Å². The Balaban J connectivity index is 1.18. The number of benzene rings is 2. The number of fused-ring (bicyclic) bond motifs is 2. The van der Waals surface area contributed by atoms with E-state index in [1.54, 1.807) is 12.3 Å². The summed E-state index contributed by atoms with van der Waals surface area (Å²) in [5, 5.41) is 4.75. The number of urea groups is 1. The van der Waals surface area contributed by atoms with Crippen molar-refractivity contribution in [2.75, 3.05) is 32.1 Å². The number of aromatic nitrogens is 1. The van der Waals surface area contributed by atoms with Crippen LogP contribution < -0.4 is 10.2 Å². The van der Waals surface area contributed by atoms with Gasteiger partial charge in [0.25, 0.3) is 5.91 Å². The van der Waals surface area contributed by atoms with Gasteiger partial charge < -0.3 is 15.2 Å². The Morgan fingerprint density at radius 3 is 2.66 bits per heavy atom. The molecule has 7 nitrogen and oxygen atoms in total. The molecule has 2 N–H and O–H groups in total. The van der Waals surface area contributed by atoms with Crippen molar-refractivity contribution >= 4 is 40.1 Å². The van der Waals surface area contributed by atoms with E-state index in [-0.39, 0.29) is 29.6 Å². The number of carbonyl (C=O) groups excluding carboxylic acids is 2. The first-order valence-electron chi connectivity index (χ1n) is 12.3. The zero-order valence-corrected chi connectivity index (χ0v) is 20.8. The van der Waals surface area contributed by atoms with E-state index in [1.165, 1.54) is 18.4 Å². The van der Waals surface area contributed by atoms with Gasteiger partial charge in [-0.15, -0.1) is 0 Å². The normalized spacial score (nSPS) is 23.1. The monoisotopic (exact) mass is 491 g/mol. The maximum atomic E-state index is 13.3. The van der Waals surface area contributed by atoms with Crippen molar-refractivity contribution < 1.29 is 9.59 Å². The van der Waals surface area contributed by atoms with Crippen LogP contribution in [0.3, 0.4) is 0 Å². The number of amides is 3. The minimum atomic E-state index is -0.127. The first-order valence-corrected chi connectivity index (χ1v) is 12.7. The second kappa shape index (κ2) is 8.28. The van der Waals surface area contributed by atoms with Gasteiger partial charge in [0, 0.05) is 40.4 Å². The lowest BCUT2D eigenvalue weighted by Crippen LogP contribution is -2.54. The molecule has 3 aliphatic rings. The first-order chi connectivity index (χ1) is 16.9. The summed E-state index contributed by atoms with van der Waals surface area (Å²) in [6.07, 6.45) is 5.79. The van der Waals surface area contributed by atoms with Crippen LogP contribution in [0, 0.1) is 0 Å². The van der Waals surface area contributed by atoms with E-state index in [4.69, 9.17) is 11.6 Å². The summed E-state index contributed by atoms with van der Waals surface area (Å²) >= 11 is 6.17. The zero-order valence-electron chi connectivity index (χ0n) is 20.1. The van der Waals surface area contributed by atoms with Crippen molar-refractivity contribution in [1.29, 1.82) is 0 Å². The standard InChI is InChI=1S/C27H30ClN5O2/c1-31(2)27(11-12-27)18-6-8-19(9-7-18)33-16-24-22(4-3-13-32(24)26(33)35)30-25(34)17-5-10-20-21(28)15-29-23(20)14-17/h5-10,14-15,22,24,29H,3-4,11-13,16H2,1-2H3,(H,30,34)/t22-,24-/m1/s1. The molecule has 6 rings (SSSR count). The third-order valence-electron chi connectivity index (χ3n) is 8.13. The van der Waals surface area contributed by atoms with Crippen LogP contribution >= 0.6 is 11.6 Å². The molecule has 1 aliphatic carbocycles. The van der Waals surface area contributed by atoms with Gasteiger partial charge in [0.1, 0.15) is 0 Å². The number of piperidine rings is 1. The number of halogens is 1. The van der Waals surface area contributed by atoms with Crippen LogP contribution in [0.5, 0.6) is 0 Å². The Bertz CT molecular complexity index is 1300. The van der Waals surface area contributed by atoms with Gasteiger partial charge in [-0.2, -0.15) is 0 Å². The third kappa shape index (κ3) is 3.69. The second-order valence-corrected chi connectivity index (χ2v) is 10.7. The van der Waals surface area contributed by atoms with Gasteiger partial charge in [0.2, 0.25) is 0 Å². The fraction of sp³-hybridized carbons (Fsp3) is 0.407. The number of aromatic amines is 1. The molecule has 0 bridgehead atoms. The molecule has 0 spiro atoms. The smallest absolute Gasteiger partial charge is 0.324 e. The molecule has 2 atom stereocenters. The number of hydrogen-bond donors (Lipinski definition) is 2. The van der Waals surface area contributed by atoms with Gasteiger partial charge in [-0.05, 0) is 69.6 Å². The summed E-state index contributed by atoms with van der Waals surface area (Å²) in [6.45, 7) is 1.30. The van der Waals surface area contributed by atoms with Crippen molar-refractivity contribution in [3.63, 3.8) is 0 Å². The van der Waals surface area contributed by atoms with E-state index in [9.17, 15) is 9.59 Å². The maximum absolute atomic E-state index is 13.3. The number of nitrogens with zero attached hydrogens (tertiary/aromatic N) is 3. The van der Waals surface area contributed by atoms with E-state index in [0.29, 0.717) is 17.1 Å². The second-order valence-electron chi connectivity index (χ2n) is 10.2. The highest BCUT2D eigenvalue weighted by Crippen LogP contribution is 2.49. The van der Waals surface area contributed by atoms with Crippen molar-refractivity contribution in [2.24, 2.45) is 0 Å². The van der Waals surface area contributed by atoms with Gasteiger partial charge in [0.05, 0.1) is 23.7 Å². The Morgan fingerprint density at radius 2 is 1.94 bits per heavy atom. The molecule has 2 aliphatic heterocycles. The van der Waals surface area contributed by atoms with E-state index >= 15 is 0 Å². The number of carbonyl (C=O) groups is 2. The molecular weight excluding hydrogens is 462 g/mol. The third-order valence-corrected chi connectivity index (χ3v) is 8.44. The van der Waals surface area contributed by atoms with Gasteiger partial charge in [-0.1, -0.05) is 29.8 Å².